The predicted molar refractivity (Wildman–Crippen MR) is 53.1 cm³/mol. The van der Waals surface area contributed by atoms with Crippen LogP contribution in [0.15, 0.2) is 29.2 Å². The van der Waals surface area contributed by atoms with E-state index >= 15 is 0 Å². The maximum absolute atomic E-state index is 11.6. The molecule has 0 spiro atoms. The lowest BCUT2D eigenvalue weighted by Crippen LogP contribution is -2.11. The van der Waals surface area contributed by atoms with E-state index in [4.69, 9.17) is 0 Å². The summed E-state index contributed by atoms with van der Waals surface area (Å²) in [4.78, 5) is 11.1. The van der Waals surface area contributed by atoms with Gasteiger partial charge in [0.15, 0.2) is 0 Å². The Morgan fingerprint density at radius 2 is 1.85 bits per heavy atom. The molecule has 2 nitrogen and oxygen atoms in total. The van der Waals surface area contributed by atoms with E-state index < -0.39 is 16.0 Å². The molecule has 0 aliphatic heterocycles. The molecule has 0 saturated heterocycles. The number of rotatable bonds is 3. The molecule has 0 saturated carbocycles. The Balaban J connectivity index is 2.89. The third-order valence-corrected chi connectivity index (χ3v) is 3.31. The SMILES string of the molecule is Cc1ccc(S(=O)C(C)C=O)cc1. The second kappa shape index (κ2) is 4.33. The molecule has 1 aromatic carbocycles. The number of carbonyl (C=O) groups excluding carboxylic acids is 1. The van der Waals surface area contributed by atoms with Gasteiger partial charge in [0.25, 0.3) is 0 Å². The Kier molecular flexibility index (Phi) is 3.37. The Morgan fingerprint density at radius 3 is 2.31 bits per heavy atom. The average Bonchev–Trinajstić information content (AvgIpc) is 2.17. The van der Waals surface area contributed by atoms with Gasteiger partial charge in [0.05, 0.1) is 16.0 Å². The molecule has 1 rings (SSSR count). The number of aryl methyl sites for hydroxylation is 1. The zero-order valence-corrected chi connectivity index (χ0v) is 8.51. The van der Waals surface area contributed by atoms with E-state index in [9.17, 15) is 9.00 Å². The van der Waals surface area contributed by atoms with E-state index in [1.807, 2.05) is 19.1 Å². The van der Waals surface area contributed by atoms with Crippen LogP contribution in [0.2, 0.25) is 0 Å². The molecule has 0 bridgehead atoms. The van der Waals surface area contributed by atoms with Crippen LogP contribution in [0.4, 0.5) is 0 Å². The lowest BCUT2D eigenvalue weighted by atomic mass is 10.2. The third-order valence-electron chi connectivity index (χ3n) is 1.78. The predicted octanol–water partition coefficient (Wildman–Crippen LogP) is 1.69. The highest BCUT2D eigenvalue weighted by Gasteiger charge is 2.11. The van der Waals surface area contributed by atoms with Gasteiger partial charge in [0.1, 0.15) is 6.29 Å². The first kappa shape index (κ1) is 10.1. The largest absolute Gasteiger partial charge is 0.302 e. The number of hydrogen-bond acceptors (Lipinski definition) is 2. The van der Waals surface area contributed by atoms with E-state index in [0.717, 1.165) is 11.8 Å². The summed E-state index contributed by atoms with van der Waals surface area (Å²) < 4.78 is 11.6. The maximum Gasteiger partial charge on any atom is 0.135 e. The van der Waals surface area contributed by atoms with Crippen LogP contribution in [-0.2, 0) is 15.6 Å². The number of carbonyl (C=O) groups is 1. The van der Waals surface area contributed by atoms with Gasteiger partial charge in [-0.15, -0.1) is 0 Å². The molecule has 0 aliphatic rings. The summed E-state index contributed by atoms with van der Waals surface area (Å²) in [7, 11) is -1.20. The zero-order chi connectivity index (χ0) is 9.84. The van der Waals surface area contributed by atoms with E-state index in [1.54, 1.807) is 19.1 Å². The minimum Gasteiger partial charge on any atom is -0.302 e. The fourth-order valence-electron chi connectivity index (χ4n) is 0.938. The van der Waals surface area contributed by atoms with Crippen LogP contribution in [0.25, 0.3) is 0 Å². The first-order chi connectivity index (χ1) is 6.15. The van der Waals surface area contributed by atoms with Gasteiger partial charge in [0.2, 0.25) is 0 Å². The van der Waals surface area contributed by atoms with Crippen LogP contribution >= 0.6 is 0 Å². The molecule has 0 fully saturated rings. The molecule has 2 unspecified atom stereocenters. The van der Waals surface area contributed by atoms with Gasteiger partial charge in [-0.3, -0.25) is 4.21 Å². The van der Waals surface area contributed by atoms with Crippen molar-refractivity contribution in [2.75, 3.05) is 0 Å². The van der Waals surface area contributed by atoms with Gasteiger partial charge in [-0.2, -0.15) is 0 Å². The maximum atomic E-state index is 11.6. The average molecular weight is 196 g/mol. The Hall–Kier alpha value is -0.960. The van der Waals surface area contributed by atoms with E-state index in [-0.39, 0.29) is 0 Å². The van der Waals surface area contributed by atoms with Crippen LogP contribution < -0.4 is 0 Å². The Morgan fingerprint density at radius 1 is 1.31 bits per heavy atom. The minimum atomic E-state index is -1.20. The normalized spacial score (nSPS) is 14.9. The molecule has 0 aliphatic carbocycles. The van der Waals surface area contributed by atoms with Gasteiger partial charge >= 0.3 is 0 Å². The van der Waals surface area contributed by atoms with Crippen LogP contribution in [0.1, 0.15) is 12.5 Å². The topological polar surface area (TPSA) is 34.1 Å². The molecule has 0 amide bonds. The lowest BCUT2D eigenvalue weighted by molar-refractivity contribution is -0.107. The molecule has 0 N–H and O–H groups in total. The van der Waals surface area contributed by atoms with Crippen LogP contribution in [-0.4, -0.2) is 15.7 Å². The van der Waals surface area contributed by atoms with Gasteiger partial charge in [-0.05, 0) is 26.0 Å². The molecule has 0 aromatic heterocycles. The molecule has 13 heavy (non-hydrogen) atoms. The monoisotopic (exact) mass is 196 g/mol. The zero-order valence-electron chi connectivity index (χ0n) is 7.69. The quantitative estimate of drug-likeness (QED) is 0.689. The summed E-state index contributed by atoms with van der Waals surface area (Å²) in [5, 5.41) is -0.428. The first-order valence-corrected chi connectivity index (χ1v) is 5.29. The molecular weight excluding hydrogens is 184 g/mol. The highest BCUT2D eigenvalue weighted by Crippen LogP contribution is 2.11. The summed E-state index contributed by atoms with van der Waals surface area (Å²) in [5.41, 5.74) is 1.12. The number of aldehydes is 1. The fraction of sp³-hybridized carbons (Fsp3) is 0.300. The number of benzene rings is 1. The van der Waals surface area contributed by atoms with Crippen molar-refractivity contribution in [2.45, 2.75) is 24.0 Å². The molecule has 2 atom stereocenters. The molecule has 0 radical (unpaired) electrons. The van der Waals surface area contributed by atoms with Crippen molar-refractivity contribution < 1.29 is 9.00 Å². The summed E-state index contributed by atoms with van der Waals surface area (Å²) in [6, 6.07) is 7.38. The van der Waals surface area contributed by atoms with Crippen molar-refractivity contribution >= 4 is 17.1 Å². The van der Waals surface area contributed by atoms with Crippen molar-refractivity contribution in [1.29, 1.82) is 0 Å². The third kappa shape index (κ3) is 2.49. The highest BCUT2D eigenvalue weighted by atomic mass is 32.2. The van der Waals surface area contributed by atoms with Gasteiger partial charge in [-0.25, -0.2) is 0 Å². The second-order valence-corrected chi connectivity index (χ2v) is 4.76. The van der Waals surface area contributed by atoms with Gasteiger partial charge in [0, 0.05) is 4.90 Å². The van der Waals surface area contributed by atoms with Crippen molar-refractivity contribution in [3.05, 3.63) is 29.8 Å². The Bertz CT molecular complexity index is 316. The van der Waals surface area contributed by atoms with E-state index in [0.29, 0.717) is 4.90 Å². The smallest absolute Gasteiger partial charge is 0.135 e. The van der Waals surface area contributed by atoms with Crippen molar-refractivity contribution in [1.82, 2.24) is 0 Å². The second-order valence-electron chi connectivity index (χ2n) is 2.95. The first-order valence-electron chi connectivity index (χ1n) is 4.07. The standard InChI is InChI=1S/C10H12O2S/c1-8-3-5-10(6-4-8)13(12)9(2)7-11/h3-7,9H,1-2H3. The summed E-state index contributed by atoms with van der Waals surface area (Å²) in [6.45, 7) is 3.62. The molecule has 1 aromatic rings. The van der Waals surface area contributed by atoms with Crippen molar-refractivity contribution in [3.63, 3.8) is 0 Å². The van der Waals surface area contributed by atoms with Gasteiger partial charge in [-0.1, -0.05) is 17.7 Å². The fourth-order valence-corrected chi connectivity index (χ4v) is 1.87. The summed E-state index contributed by atoms with van der Waals surface area (Å²) in [6.07, 6.45) is 0.718. The Labute approximate surface area is 80.4 Å². The minimum absolute atomic E-state index is 0.428. The van der Waals surface area contributed by atoms with E-state index in [2.05, 4.69) is 0 Å². The molecular formula is C10H12O2S. The van der Waals surface area contributed by atoms with Crippen LogP contribution in [0.5, 0.6) is 0 Å². The van der Waals surface area contributed by atoms with Crippen LogP contribution in [0, 0.1) is 6.92 Å². The molecule has 3 heteroatoms. The van der Waals surface area contributed by atoms with Crippen molar-refractivity contribution in [3.8, 4) is 0 Å². The van der Waals surface area contributed by atoms with Crippen LogP contribution in [0.3, 0.4) is 0 Å². The van der Waals surface area contributed by atoms with E-state index in [1.165, 1.54) is 0 Å². The lowest BCUT2D eigenvalue weighted by Gasteiger charge is -2.03. The van der Waals surface area contributed by atoms with Crippen molar-refractivity contribution in [2.24, 2.45) is 0 Å². The summed E-state index contributed by atoms with van der Waals surface area (Å²) >= 11 is 0. The molecule has 70 valence electrons. The number of hydrogen-bond donors (Lipinski definition) is 0. The highest BCUT2D eigenvalue weighted by molar-refractivity contribution is 7.86. The summed E-state index contributed by atoms with van der Waals surface area (Å²) in [5.74, 6) is 0. The molecule has 0 heterocycles. The van der Waals surface area contributed by atoms with Gasteiger partial charge < -0.3 is 4.79 Å².